The van der Waals surface area contributed by atoms with Crippen LogP contribution in [0.15, 0.2) is 60.8 Å². The number of allylic oxidation sites excluding steroid dienone is 9. The summed E-state index contributed by atoms with van der Waals surface area (Å²) in [5.74, 6) is -0.213. The Hall–Kier alpha value is -1.80. The van der Waals surface area contributed by atoms with Crippen molar-refractivity contribution in [2.45, 2.75) is 231 Å². The second-order valence-electron chi connectivity index (χ2n) is 18.5. The lowest BCUT2D eigenvalue weighted by atomic mass is 10.0. The molecule has 8 nitrogen and oxygen atoms in total. The molecule has 0 aromatic heterocycles. The van der Waals surface area contributed by atoms with Gasteiger partial charge in [0.15, 0.2) is 0 Å². The normalized spacial score (nSPS) is 14.6. The molecule has 0 aliphatic heterocycles. The Labute approximate surface area is 383 Å². The number of nitrogens with zero attached hydrogens (tertiary/aromatic N) is 1. The van der Waals surface area contributed by atoms with E-state index in [0.29, 0.717) is 17.4 Å². The number of hydrogen-bond donors (Lipinski definition) is 2. The quantitative estimate of drug-likeness (QED) is 0.0273. The molecule has 0 aliphatic carbocycles. The minimum atomic E-state index is -4.60. The number of nitrogens with one attached hydrogen (secondary N) is 1. The molecule has 3 unspecified atom stereocenters. The third-order valence-corrected chi connectivity index (χ3v) is 12.1. The minimum absolute atomic E-state index is 0.0102. The third-order valence-electron chi connectivity index (χ3n) is 11.2. The standard InChI is InChI=1S/C53H99N2O6P/c1-6-8-10-12-14-16-18-19-20-21-22-23-24-25-26-27-28-29-30-31-32-33-34-35-37-39-41-43-45-47-53(57)54-51(50-61-62(58,59)60-49-48-55(3,4)5)52(56)46-44-42-40-38-36-17-15-13-11-9-7-2/h11,13,18-19,21-22,36,38,44,46,51-52,56H,6-10,12,14-17,20,23-35,37,39-43,45,47-50H2,1-5H3,(H-,54,57,58,59)/b13-11+,19-18-,22-21-,38-36+,46-44+. The van der Waals surface area contributed by atoms with E-state index in [1.54, 1.807) is 6.08 Å². The topological polar surface area (TPSA) is 108 Å². The summed E-state index contributed by atoms with van der Waals surface area (Å²) in [6, 6.07) is -0.909. The average Bonchev–Trinajstić information content (AvgIpc) is 3.23. The number of phosphoric acid groups is 1. The van der Waals surface area contributed by atoms with Gasteiger partial charge in [-0.15, -0.1) is 0 Å². The molecule has 62 heavy (non-hydrogen) atoms. The Bertz CT molecular complexity index is 1190. The summed E-state index contributed by atoms with van der Waals surface area (Å²) in [6.07, 6.45) is 58.8. The molecule has 0 rings (SSSR count). The molecule has 0 saturated carbocycles. The van der Waals surface area contributed by atoms with E-state index < -0.39 is 26.6 Å². The predicted molar refractivity (Wildman–Crippen MR) is 265 cm³/mol. The number of aliphatic hydroxyl groups is 1. The Balaban J connectivity index is 4.10. The number of likely N-dealkylation sites (N-methyl/N-ethyl adjacent to an activating group) is 1. The molecular formula is C53H99N2O6P. The number of phosphoric ester groups is 1. The van der Waals surface area contributed by atoms with Crippen molar-refractivity contribution in [2.75, 3.05) is 40.9 Å². The van der Waals surface area contributed by atoms with Gasteiger partial charge in [-0.05, 0) is 70.6 Å². The van der Waals surface area contributed by atoms with E-state index in [1.165, 1.54) is 141 Å². The van der Waals surface area contributed by atoms with Crippen LogP contribution >= 0.6 is 7.82 Å². The van der Waals surface area contributed by atoms with Crippen LogP contribution in [0.2, 0.25) is 0 Å². The number of quaternary nitrogens is 1. The van der Waals surface area contributed by atoms with E-state index in [1.807, 2.05) is 27.2 Å². The van der Waals surface area contributed by atoms with Crippen molar-refractivity contribution in [1.29, 1.82) is 0 Å². The average molecular weight is 891 g/mol. The van der Waals surface area contributed by atoms with Gasteiger partial charge in [0.1, 0.15) is 13.2 Å². The third kappa shape index (κ3) is 46.2. The van der Waals surface area contributed by atoms with Crippen LogP contribution in [0.3, 0.4) is 0 Å². The van der Waals surface area contributed by atoms with Crippen LogP contribution in [0.1, 0.15) is 219 Å². The zero-order chi connectivity index (χ0) is 45.7. The molecule has 0 heterocycles. The number of carbonyl (C=O) groups excluding carboxylic acids is 1. The highest BCUT2D eigenvalue weighted by Crippen LogP contribution is 2.38. The van der Waals surface area contributed by atoms with Gasteiger partial charge in [-0.2, -0.15) is 0 Å². The Morgan fingerprint density at radius 1 is 0.565 bits per heavy atom. The second-order valence-corrected chi connectivity index (χ2v) is 19.9. The van der Waals surface area contributed by atoms with Crippen molar-refractivity contribution < 1.29 is 32.9 Å². The smallest absolute Gasteiger partial charge is 0.268 e. The lowest BCUT2D eigenvalue weighted by molar-refractivity contribution is -0.870. The zero-order valence-corrected chi connectivity index (χ0v) is 42.0. The molecule has 0 aliphatic rings. The summed E-state index contributed by atoms with van der Waals surface area (Å²) in [7, 11) is 1.23. The molecule has 362 valence electrons. The number of unbranched alkanes of at least 4 members (excludes halogenated alkanes) is 25. The highest BCUT2D eigenvalue weighted by atomic mass is 31.2. The fourth-order valence-electron chi connectivity index (χ4n) is 7.10. The van der Waals surface area contributed by atoms with E-state index in [9.17, 15) is 19.4 Å². The first-order valence-corrected chi connectivity index (χ1v) is 27.1. The van der Waals surface area contributed by atoms with Crippen LogP contribution in [-0.4, -0.2) is 68.5 Å². The van der Waals surface area contributed by atoms with Crippen molar-refractivity contribution in [2.24, 2.45) is 0 Å². The summed E-state index contributed by atoms with van der Waals surface area (Å²) < 4.78 is 23.2. The van der Waals surface area contributed by atoms with Crippen LogP contribution in [0.5, 0.6) is 0 Å². The lowest BCUT2D eigenvalue weighted by Gasteiger charge is -2.29. The van der Waals surface area contributed by atoms with Gasteiger partial charge < -0.3 is 28.8 Å². The van der Waals surface area contributed by atoms with Gasteiger partial charge in [-0.3, -0.25) is 9.36 Å². The molecule has 0 saturated heterocycles. The first-order chi connectivity index (χ1) is 30.0. The molecule has 0 fully saturated rings. The van der Waals surface area contributed by atoms with Gasteiger partial charge in [0, 0.05) is 6.42 Å². The van der Waals surface area contributed by atoms with Gasteiger partial charge in [0.2, 0.25) is 5.91 Å². The maximum absolute atomic E-state index is 12.9. The van der Waals surface area contributed by atoms with Crippen LogP contribution in [0, 0.1) is 0 Å². The maximum Gasteiger partial charge on any atom is 0.268 e. The van der Waals surface area contributed by atoms with E-state index in [0.717, 1.165) is 57.8 Å². The molecule has 0 bridgehead atoms. The highest BCUT2D eigenvalue weighted by molar-refractivity contribution is 7.45. The summed E-state index contributed by atoms with van der Waals surface area (Å²) in [4.78, 5) is 25.3. The summed E-state index contributed by atoms with van der Waals surface area (Å²) in [6.45, 7) is 4.53. The minimum Gasteiger partial charge on any atom is -0.756 e. The number of aliphatic hydroxyl groups excluding tert-OH is 1. The number of carbonyl (C=O) groups is 1. The van der Waals surface area contributed by atoms with Crippen LogP contribution in [0.25, 0.3) is 0 Å². The molecular weight excluding hydrogens is 792 g/mol. The first-order valence-electron chi connectivity index (χ1n) is 25.7. The fourth-order valence-corrected chi connectivity index (χ4v) is 7.83. The first kappa shape index (κ1) is 60.2. The van der Waals surface area contributed by atoms with Gasteiger partial charge in [-0.25, -0.2) is 0 Å². The Kier molecular flexibility index (Phi) is 43.1. The molecule has 2 N–H and O–H groups in total. The van der Waals surface area contributed by atoms with Crippen LogP contribution in [0.4, 0.5) is 0 Å². The van der Waals surface area contributed by atoms with Crippen molar-refractivity contribution >= 4 is 13.7 Å². The lowest BCUT2D eigenvalue weighted by Crippen LogP contribution is -2.45. The van der Waals surface area contributed by atoms with E-state index in [4.69, 9.17) is 9.05 Å². The van der Waals surface area contributed by atoms with Crippen LogP contribution in [-0.2, 0) is 18.4 Å². The number of rotatable bonds is 46. The molecule has 3 atom stereocenters. The van der Waals surface area contributed by atoms with Gasteiger partial charge in [0.25, 0.3) is 7.82 Å². The SMILES string of the molecule is CCC/C=C/CC/C=C/CC/C=C/C(O)C(COP(=O)([O-])OCC[N+](C)(C)C)NC(=O)CCCCCCCCCCCCCCCCCCC/C=C\C/C=C\CCCCCCC. The van der Waals surface area contributed by atoms with Gasteiger partial charge in [-0.1, -0.05) is 203 Å². The largest absolute Gasteiger partial charge is 0.756 e. The molecule has 0 radical (unpaired) electrons. The Morgan fingerprint density at radius 3 is 1.45 bits per heavy atom. The maximum atomic E-state index is 12.9. The second kappa shape index (κ2) is 44.4. The van der Waals surface area contributed by atoms with Crippen molar-refractivity contribution in [3.63, 3.8) is 0 Å². The fraction of sp³-hybridized carbons (Fsp3) is 0.792. The molecule has 1 amide bonds. The van der Waals surface area contributed by atoms with E-state index in [-0.39, 0.29) is 12.5 Å². The Morgan fingerprint density at radius 2 is 0.984 bits per heavy atom. The van der Waals surface area contributed by atoms with Gasteiger partial charge >= 0.3 is 0 Å². The van der Waals surface area contributed by atoms with Crippen molar-refractivity contribution in [3.8, 4) is 0 Å². The molecule has 9 heteroatoms. The number of hydrogen-bond acceptors (Lipinski definition) is 6. The molecule has 0 spiro atoms. The highest BCUT2D eigenvalue weighted by Gasteiger charge is 2.23. The molecule has 0 aromatic carbocycles. The van der Waals surface area contributed by atoms with Gasteiger partial charge in [0.05, 0.1) is 39.9 Å². The monoisotopic (exact) mass is 891 g/mol. The van der Waals surface area contributed by atoms with E-state index >= 15 is 0 Å². The zero-order valence-electron chi connectivity index (χ0n) is 41.1. The molecule has 0 aromatic rings. The summed E-state index contributed by atoms with van der Waals surface area (Å²) in [5.41, 5.74) is 0. The predicted octanol–water partition coefficient (Wildman–Crippen LogP) is 14.3. The van der Waals surface area contributed by atoms with Crippen LogP contribution < -0.4 is 10.2 Å². The summed E-state index contributed by atoms with van der Waals surface area (Å²) >= 11 is 0. The summed E-state index contributed by atoms with van der Waals surface area (Å²) in [5, 5.41) is 13.7. The van der Waals surface area contributed by atoms with Crippen molar-refractivity contribution in [3.05, 3.63) is 60.8 Å². The van der Waals surface area contributed by atoms with E-state index in [2.05, 4.69) is 67.8 Å². The number of amides is 1. The van der Waals surface area contributed by atoms with Crippen molar-refractivity contribution in [1.82, 2.24) is 5.32 Å².